The van der Waals surface area contributed by atoms with Crippen molar-refractivity contribution in [2.24, 2.45) is 0 Å². The number of nitrogen functional groups attached to an aromatic ring is 1. The Morgan fingerprint density at radius 3 is 2.47 bits per heavy atom. The first-order chi connectivity index (χ1) is 9.15. The number of thiazole rings is 1. The van der Waals surface area contributed by atoms with Crippen LogP contribution in [0.1, 0.15) is 25.3 Å². The maximum absolute atomic E-state index is 5.73. The number of benzene rings is 2. The van der Waals surface area contributed by atoms with E-state index in [1.54, 1.807) is 11.3 Å². The standard InChI is InChI=1S/C16H16N2S/c1-10(2)13-4-3-5-14-15(13)18-16(19-14)11-6-8-12(17)9-7-11/h3-10H,17H2,1-2H3. The van der Waals surface area contributed by atoms with Crippen molar-refractivity contribution in [2.45, 2.75) is 19.8 Å². The number of rotatable bonds is 2. The fourth-order valence-corrected chi connectivity index (χ4v) is 3.19. The molecule has 2 N–H and O–H groups in total. The highest BCUT2D eigenvalue weighted by Crippen LogP contribution is 2.34. The summed E-state index contributed by atoms with van der Waals surface area (Å²) in [6.07, 6.45) is 0. The molecule has 3 heteroatoms. The van der Waals surface area contributed by atoms with Gasteiger partial charge in [-0.25, -0.2) is 4.98 Å². The summed E-state index contributed by atoms with van der Waals surface area (Å²) in [6.45, 7) is 4.41. The molecule has 0 spiro atoms. The maximum Gasteiger partial charge on any atom is 0.124 e. The molecule has 3 rings (SSSR count). The highest BCUT2D eigenvalue weighted by molar-refractivity contribution is 7.21. The first kappa shape index (κ1) is 12.2. The minimum atomic E-state index is 0.491. The minimum absolute atomic E-state index is 0.491. The third-order valence-corrected chi connectivity index (χ3v) is 4.30. The number of hydrogen-bond donors (Lipinski definition) is 1. The molecular formula is C16H16N2S. The van der Waals surface area contributed by atoms with Gasteiger partial charge in [0.1, 0.15) is 5.01 Å². The zero-order valence-electron chi connectivity index (χ0n) is 11.1. The third kappa shape index (κ3) is 2.22. The van der Waals surface area contributed by atoms with Gasteiger partial charge in [0.2, 0.25) is 0 Å². The lowest BCUT2D eigenvalue weighted by Crippen LogP contribution is -1.88. The molecule has 3 aromatic rings. The van der Waals surface area contributed by atoms with Gasteiger partial charge in [0.05, 0.1) is 10.2 Å². The number of anilines is 1. The van der Waals surface area contributed by atoms with E-state index in [1.165, 1.54) is 10.3 Å². The molecule has 0 saturated heterocycles. The molecule has 0 saturated carbocycles. The molecular weight excluding hydrogens is 252 g/mol. The number of nitrogens with two attached hydrogens (primary N) is 1. The van der Waals surface area contributed by atoms with Gasteiger partial charge in [-0.1, -0.05) is 26.0 Å². The SMILES string of the molecule is CC(C)c1cccc2sc(-c3ccc(N)cc3)nc12. The van der Waals surface area contributed by atoms with Crippen molar-refractivity contribution in [1.82, 2.24) is 4.98 Å². The Morgan fingerprint density at radius 1 is 1.05 bits per heavy atom. The summed E-state index contributed by atoms with van der Waals surface area (Å²) in [5, 5.41) is 1.06. The van der Waals surface area contributed by atoms with Crippen LogP contribution in [0.15, 0.2) is 42.5 Å². The normalized spacial score (nSPS) is 11.3. The van der Waals surface area contributed by atoms with E-state index in [2.05, 4.69) is 32.0 Å². The maximum atomic E-state index is 5.73. The van der Waals surface area contributed by atoms with E-state index in [4.69, 9.17) is 10.7 Å². The van der Waals surface area contributed by atoms with Crippen LogP contribution in [0, 0.1) is 0 Å². The number of nitrogens with zero attached hydrogens (tertiary/aromatic N) is 1. The van der Waals surface area contributed by atoms with Gasteiger partial charge in [0.25, 0.3) is 0 Å². The van der Waals surface area contributed by atoms with Gasteiger partial charge in [-0.2, -0.15) is 0 Å². The molecule has 0 aliphatic heterocycles. The van der Waals surface area contributed by atoms with Crippen LogP contribution in [0.2, 0.25) is 0 Å². The van der Waals surface area contributed by atoms with Gasteiger partial charge in [-0.05, 0) is 41.8 Å². The van der Waals surface area contributed by atoms with E-state index in [-0.39, 0.29) is 0 Å². The van der Waals surface area contributed by atoms with Crippen molar-refractivity contribution in [3.8, 4) is 10.6 Å². The molecule has 0 bridgehead atoms. The van der Waals surface area contributed by atoms with Crippen LogP contribution in [0.4, 0.5) is 5.69 Å². The van der Waals surface area contributed by atoms with Crippen molar-refractivity contribution < 1.29 is 0 Å². The van der Waals surface area contributed by atoms with Gasteiger partial charge < -0.3 is 5.73 Å². The Balaban J connectivity index is 2.16. The lowest BCUT2D eigenvalue weighted by molar-refractivity contribution is 0.874. The molecule has 1 aromatic heterocycles. The molecule has 96 valence electrons. The average molecular weight is 268 g/mol. The van der Waals surface area contributed by atoms with Gasteiger partial charge in [0, 0.05) is 11.3 Å². The number of hydrogen-bond acceptors (Lipinski definition) is 3. The van der Waals surface area contributed by atoms with Crippen molar-refractivity contribution in [2.75, 3.05) is 5.73 Å². The summed E-state index contributed by atoms with van der Waals surface area (Å²) in [7, 11) is 0. The zero-order chi connectivity index (χ0) is 13.4. The first-order valence-electron chi connectivity index (χ1n) is 6.40. The summed E-state index contributed by atoms with van der Waals surface area (Å²) < 4.78 is 1.25. The van der Waals surface area contributed by atoms with Crippen LogP contribution in [0.5, 0.6) is 0 Å². The number of para-hydroxylation sites is 1. The summed E-state index contributed by atoms with van der Waals surface area (Å²) in [5.74, 6) is 0.491. The predicted molar refractivity (Wildman–Crippen MR) is 83.6 cm³/mol. The summed E-state index contributed by atoms with van der Waals surface area (Å²) in [4.78, 5) is 4.81. The van der Waals surface area contributed by atoms with Crippen molar-refractivity contribution in [3.05, 3.63) is 48.0 Å². The topological polar surface area (TPSA) is 38.9 Å². The quantitative estimate of drug-likeness (QED) is 0.686. The van der Waals surface area contributed by atoms with Crippen molar-refractivity contribution in [1.29, 1.82) is 0 Å². The van der Waals surface area contributed by atoms with Crippen LogP contribution in [-0.4, -0.2) is 4.98 Å². The Morgan fingerprint density at radius 2 is 1.79 bits per heavy atom. The highest BCUT2D eigenvalue weighted by atomic mass is 32.1. The Labute approximate surface area is 116 Å². The van der Waals surface area contributed by atoms with Gasteiger partial charge in [0.15, 0.2) is 0 Å². The number of fused-ring (bicyclic) bond motifs is 1. The van der Waals surface area contributed by atoms with Crippen LogP contribution < -0.4 is 5.73 Å². The van der Waals surface area contributed by atoms with Gasteiger partial charge >= 0.3 is 0 Å². The highest BCUT2D eigenvalue weighted by Gasteiger charge is 2.11. The fraction of sp³-hybridized carbons (Fsp3) is 0.188. The van der Waals surface area contributed by atoms with E-state index in [9.17, 15) is 0 Å². The minimum Gasteiger partial charge on any atom is -0.399 e. The molecule has 0 radical (unpaired) electrons. The van der Waals surface area contributed by atoms with Crippen LogP contribution in [0.25, 0.3) is 20.8 Å². The molecule has 1 heterocycles. The fourth-order valence-electron chi connectivity index (χ4n) is 2.18. The Kier molecular flexibility index (Phi) is 2.99. The van der Waals surface area contributed by atoms with E-state index < -0.39 is 0 Å². The van der Waals surface area contributed by atoms with Crippen molar-refractivity contribution >= 4 is 27.2 Å². The molecule has 0 atom stereocenters. The Hall–Kier alpha value is -1.87. The van der Waals surface area contributed by atoms with E-state index in [0.29, 0.717) is 5.92 Å². The predicted octanol–water partition coefficient (Wildman–Crippen LogP) is 4.67. The van der Waals surface area contributed by atoms with Crippen LogP contribution >= 0.6 is 11.3 Å². The van der Waals surface area contributed by atoms with Gasteiger partial charge in [-0.15, -0.1) is 11.3 Å². The molecule has 0 aliphatic carbocycles. The third-order valence-electron chi connectivity index (χ3n) is 3.23. The lowest BCUT2D eigenvalue weighted by Gasteiger charge is -2.04. The summed E-state index contributed by atoms with van der Waals surface area (Å²) in [5.41, 5.74) is 10.1. The molecule has 0 aliphatic rings. The largest absolute Gasteiger partial charge is 0.399 e. The second-order valence-electron chi connectivity index (χ2n) is 4.99. The van der Waals surface area contributed by atoms with Crippen LogP contribution in [0.3, 0.4) is 0 Å². The molecule has 2 nitrogen and oxygen atoms in total. The van der Waals surface area contributed by atoms with E-state index >= 15 is 0 Å². The lowest BCUT2D eigenvalue weighted by atomic mass is 10.0. The average Bonchev–Trinajstić information content (AvgIpc) is 2.82. The summed E-state index contributed by atoms with van der Waals surface area (Å²) >= 11 is 1.74. The van der Waals surface area contributed by atoms with E-state index in [0.717, 1.165) is 21.8 Å². The van der Waals surface area contributed by atoms with Crippen LogP contribution in [-0.2, 0) is 0 Å². The Bertz CT molecular complexity index is 711. The monoisotopic (exact) mass is 268 g/mol. The first-order valence-corrected chi connectivity index (χ1v) is 7.22. The molecule has 0 unspecified atom stereocenters. The number of aromatic nitrogens is 1. The smallest absolute Gasteiger partial charge is 0.124 e. The zero-order valence-corrected chi connectivity index (χ0v) is 11.9. The molecule has 2 aromatic carbocycles. The summed E-state index contributed by atoms with van der Waals surface area (Å²) in [6, 6.07) is 14.3. The molecule has 0 amide bonds. The molecule has 0 fully saturated rings. The second-order valence-corrected chi connectivity index (χ2v) is 6.02. The van der Waals surface area contributed by atoms with Gasteiger partial charge in [-0.3, -0.25) is 0 Å². The molecule has 19 heavy (non-hydrogen) atoms. The van der Waals surface area contributed by atoms with E-state index in [1.807, 2.05) is 24.3 Å². The van der Waals surface area contributed by atoms with Crippen molar-refractivity contribution in [3.63, 3.8) is 0 Å². The second kappa shape index (κ2) is 4.67.